The molecule has 1 aliphatic carbocycles. The largest absolute Gasteiger partial charge is 0.478 e. The third-order valence-corrected chi connectivity index (χ3v) is 5.12. The van der Waals surface area contributed by atoms with Crippen molar-refractivity contribution < 1.29 is 14.3 Å². The standard InChI is InChI=1S/C16H18FN3O3/c17-12-7-14-13(4-3-11(12)15(21)22)19-16(23)20(14)10-5-8-1-2-9(6-10)18-8/h3,7-10,18H,1-2,4-6H2,(H,19,23)(H,21,22). The van der Waals surface area contributed by atoms with Gasteiger partial charge in [0.25, 0.3) is 0 Å². The van der Waals surface area contributed by atoms with Crippen molar-refractivity contribution >= 4 is 12.0 Å². The fraction of sp³-hybridized carbons (Fsp3) is 0.500. The summed E-state index contributed by atoms with van der Waals surface area (Å²) in [6.07, 6.45) is 6.61. The second-order valence-corrected chi connectivity index (χ2v) is 6.55. The molecule has 2 bridgehead atoms. The van der Waals surface area contributed by atoms with Crippen LogP contribution in [0.15, 0.2) is 22.3 Å². The van der Waals surface area contributed by atoms with E-state index in [0.29, 0.717) is 23.5 Å². The normalized spacial score (nSPS) is 29.5. The van der Waals surface area contributed by atoms with Crippen molar-refractivity contribution in [2.75, 3.05) is 0 Å². The van der Waals surface area contributed by atoms with Crippen LogP contribution in [0, 0.1) is 0 Å². The summed E-state index contributed by atoms with van der Waals surface area (Å²) < 4.78 is 15.9. The first-order chi connectivity index (χ1) is 11.0. The molecule has 2 saturated heterocycles. The Balaban J connectivity index is 1.76. The van der Waals surface area contributed by atoms with Gasteiger partial charge in [-0.3, -0.25) is 4.57 Å². The molecule has 1 aromatic rings. The number of fused-ring (bicyclic) bond motifs is 3. The molecule has 0 spiro atoms. The van der Waals surface area contributed by atoms with Crippen LogP contribution in [0.3, 0.4) is 0 Å². The maximum Gasteiger partial charge on any atom is 0.338 e. The van der Waals surface area contributed by atoms with Crippen molar-refractivity contribution in [3.8, 4) is 0 Å². The van der Waals surface area contributed by atoms with Gasteiger partial charge in [0, 0.05) is 36.3 Å². The van der Waals surface area contributed by atoms with Gasteiger partial charge in [-0.2, -0.15) is 0 Å². The van der Waals surface area contributed by atoms with E-state index in [1.54, 1.807) is 4.57 Å². The molecule has 2 aliphatic heterocycles. The first-order valence-corrected chi connectivity index (χ1v) is 7.93. The summed E-state index contributed by atoms with van der Waals surface area (Å²) in [6, 6.07) is 0.837. The van der Waals surface area contributed by atoms with E-state index in [0.717, 1.165) is 25.7 Å². The number of nitrogens with one attached hydrogen (secondary N) is 2. The molecule has 3 N–H and O–H groups in total. The molecule has 2 fully saturated rings. The number of imidazole rings is 1. The predicted octanol–water partition coefficient (Wildman–Crippen LogP) is 1.51. The van der Waals surface area contributed by atoms with Crippen LogP contribution in [0.25, 0.3) is 6.08 Å². The van der Waals surface area contributed by atoms with Crippen molar-refractivity contribution in [2.45, 2.75) is 50.2 Å². The van der Waals surface area contributed by atoms with Gasteiger partial charge in [0.1, 0.15) is 5.83 Å². The van der Waals surface area contributed by atoms with Gasteiger partial charge >= 0.3 is 11.7 Å². The van der Waals surface area contributed by atoms with Gasteiger partial charge in [0.2, 0.25) is 0 Å². The van der Waals surface area contributed by atoms with Gasteiger partial charge in [-0.1, -0.05) is 6.08 Å². The van der Waals surface area contributed by atoms with Crippen LogP contribution in [0.5, 0.6) is 0 Å². The monoisotopic (exact) mass is 319 g/mol. The minimum atomic E-state index is -1.29. The van der Waals surface area contributed by atoms with Crippen LogP contribution in [-0.4, -0.2) is 32.7 Å². The maximum atomic E-state index is 14.2. The smallest absolute Gasteiger partial charge is 0.338 e. The van der Waals surface area contributed by atoms with E-state index < -0.39 is 11.8 Å². The Labute approximate surface area is 131 Å². The topological polar surface area (TPSA) is 87.1 Å². The lowest BCUT2D eigenvalue weighted by Gasteiger charge is -2.30. The molecule has 2 atom stereocenters. The number of halogens is 1. The van der Waals surface area contributed by atoms with Gasteiger partial charge in [-0.15, -0.1) is 0 Å². The van der Waals surface area contributed by atoms with Crippen LogP contribution >= 0.6 is 0 Å². The second-order valence-electron chi connectivity index (χ2n) is 6.55. The van der Waals surface area contributed by atoms with Gasteiger partial charge in [-0.25, -0.2) is 14.0 Å². The third kappa shape index (κ3) is 2.35. The summed E-state index contributed by atoms with van der Waals surface area (Å²) in [5, 5.41) is 12.6. The number of aromatic nitrogens is 2. The molecule has 2 unspecified atom stereocenters. The molecule has 7 heteroatoms. The van der Waals surface area contributed by atoms with Gasteiger partial charge in [-0.05, 0) is 25.7 Å². The lowest BCUT2D eigenvalue weighted by atomic mass is 9.99. The van der Waals surface area contributed by atoms with Crippen molar-refractivity contribution in [2.24, 2.45) is 0 Å². The number of piperidine rings is 1. The quantitative estimate of drug-likeness (QED) is 0.771. The fourth-order valence-corrected chi connectivity index (χ4v) is 4.11. The van der Waals surface area contributed by atoms with Gasteiger partial charge in [0.05, 0.1) is 11.3 Å². The number of hydrogen-bond acceptors (Lipinski definition) is 3. The Morgan fingerprint density at radius 3 is 2.65 bits per heavy atom. The maximum absolute atomic E-state index is 14.2. The summed E-state index contributed by atoms with van der Waals surface area (Å²) in [5.74, 6) is -2.10. The van der Waals surface area contributed by atoms with E-state index in [4.69, 9.17) is 5.11 Å². The van der Waals surface area contributed by atoms with Crippen LogP contribution in [0.4, 0.5) is 4.39 Å². The van der Waals surface area contributed by atoms with E-state index in [2.05, 4.69) is 10.3 Å². The number of allylic oxidation sites excluding steroid dienone is 1. The first kappa shape index (κ1) is 14.4. The van der Waals surface area contributed by atoms with E-state index in [9.17, 15) is 14.0 Å². The number of aliphatic carboxylic acids is 1. The lowest BCUT2D eigenvalue weighted by molar-refractivity contribution is -0.132. The highest BCUT2D eigenvalue weighted by Crippen LogP contribution is 2.35. The Morgan fingerprint density at radius 1 is 1.30 bits per heavy atom. The van der Waals surface area contributed by atoms with Crippen molar-refractivity contribution in [1.82, 2.24) is 14.9 Å². The third-order valence-electron chi connectivity index (χ3n) is 5.12. The lowest BCUT2D eigenvalue weighted by Crippen LogP contribution is -2.41. The van der Waals surface area contributed by atoms with Crippen molar-refractivity contribution in [1.29, 1.82) is 0 Å². The summed E-state index contributed by atoms with van der Waals surface area (Å²) in [4.78, 5) is 26.2. The first-order valence-electron chi connectivity index (χ1n) is 7.93. The van der Waals surface area contributed by atoms with Crippen molar-refractivity contribution in [3.05, 3.63) is 39.3 Å². The number of carboxylic acid groups (broad SMARTS) is 1. The number of H-pyrrole nitrogens is 1. The van der Waals surface area contributed by atoms with E-state index in [1.807, 2.05) is 0 Å². The number of carboxylic acids is 1. The van der Waals surface area contributed by atoms with Crippen LogP contribution in [0.2, 0.25) is 0 Å². The highest BCUT2D eigenvalue weighted by Gasteiger charge is 2.36. The zero-order valence-electron chi connectivity index (χ0n) is 12.5. The molecule has 1 aromatic heterocycles. The average Bonchev–Trinajstić information content (AvgIpc) is 2.93. The van der Waals surface area contributed by atoms with E-state index in [1.165, 1.54) is 12.2 Å². The summed E-state index contributed by atoms with van der Waals surface area (Å²) in [6.45, 7) is 0. The molecular formula is C16H18FN3O3. The summed E-state index contributed by atoms with van der Waals surface area (Å²) >= 11 is 0. The van der Waals surface area contributed by atoms with E-state index in [-0.39, 0.29) is 23.7 Å². The molecule has 0 saturated carbocycles. The number of nitrogens with zero attached hydrogens (tertiary/aromatic N) is 1. The number of rotatable bonds is 2. The van der Waals surface area contributed by atoms with Gasteiger partial charge < -0.3 is 15.4 Å². The molecule has 6 nitrogen and oxygen atoms in total. The molecule has 4 rings (SSSR count). The Morgan fingerprint density at radius 2 is 2.00 bits per heavy atom. The zero-order valence-corrected chi connectivity index (χ0v) is 12.5. The van der Waals surface area contributed by atoms with Crippen LogP contribution in [-0.2, 0) is 11.2 Å². The molecule has 3 aliphatic rings. The Kier molecular flexibility index (Phi) is 3.26. The van der Waals surface area contributed by atoms with Crippen LogP contribution < -0.4 is 11.0 Å². The highest BCUT2D eigenvalue weighted by atomic mass is 19.1. The molecule has 0 amide bonds. The average molecular weight is 319 g/mol. The molecule has 23 heavy (non-hydrogen) atoms. The minimum Gasteiger partial charge on any atom is -0.478 e. The number of hydrogen-bond donors (Lipinski definition) is 3. The van der Waals surface area contributed by atoms with E-state index >= 15 is 0 Å². The number of carbonyl (C=O) groups is 1. The SMILES string of the molecule is O=C(O)C1=CCc2[nH]c(=O)n(C3CC4CCC(C3)N4)c2C=C1F. The number of aromatic amines is 1. The Hall–Kier alpha value is -2.15. The van der Waals surface area contributed by atoms with Gasteiger partial charge in [0.15, 0.2) is 0 Å². The highest BCUT2D eigenvalue weighted by molar-refractivity contribution is 5.93. The summed E-state index contributed by atoms with van der Waals surface area (Å²) in [7, 11) is 0. The molecule has 0 radical (unpaired) electrons. The predicted molar refractivity (Wildman–Crippen MR) is 81.8 cm³/mol. The minimum absolute atomic E-state index is 0.0247. The molecule has 122 valence electrons. The second kappa shape index (κ2) is 5.19. The zero-order chi connectivity index (χ0) is 16.1. The van der Waals surface area contributed by atoms with Crippen LogP contribution in [0.1, 0.15) is 43.1 Å². The molecule has 0 aromatic carbocycles. The molecular weight excluding hydrogens is 301 g/mol. The fourth-order valence-electron chi connectivity index (χ4n) is 4.11. The summed E-state index contributed by atoms with van der Waals surface area (Å²) in [5.41, 5.74) is 0.468. The molecule has 3 heterocycles. The Bertz CT molecular complexity index is 777. The van der Waals surface area contributed by atoms with Crippen molar-refractivity contribution in [3.63, 3.8) is 0 Å².